The Morgan fingerprint density at radius 2 is 2.19 bits per heavy atom. The van der Waals surface area contributed by atoms with E-state index in [1.54, 1.807) is 0 Å². The van der Waals surface area contributed by atoms with E-state index < -0.39 is 9.84 Å². The summed E-state index contributed by atoms with van der Waals surface area (Å²) in [6, 6.07) is 0.498. The number of nitrogens with one attached hydrogen (secondary N) is 1. The Morgan fingerprint density at radius 1 is 1.44 bits per heavy atom. The zero-order valence-corrected chi connectivity index (χ0v) is 11.1. The van der Waals surface area contributed by atoms with Crippen LogP contribution in [-0.2, 0) is 14.6 Å². The molecule has 4 nitrogen and oxygen atoms in total. The highest BCUT2D eigenvalue weighted by Gasteiger charge is 2.24. The van der Waals surface area contributed by atoms with E-state index in [1.807, 2.05) is 0 Å². The van der Waals surface area contributed by atoms with Gasteiger partial charge in [-0.05, 0) is 31.7 Å². The molecule has 0 aromatic carbocycles. The van der Waals surface area contributed by atoms with Gasteiger partial charge < -0.3 is 10.1 Å². The third-order valence-electron chi connectivity index (χ3n) is 3.03. The molecule has 0 aromatic rings. The molecular weight excluding hydrogens is 226 g/mol. The lowest BCUT2D eigenvalue weighted by Crippen LogP contribution is -2.42. The van der Waals surface area contributed by atoms with Crippen molar-refractivity contribution < 1.29 is 13.2 Å². The first-order chi connectivity index (χ1) is 7.53. The van der Waals surface area contributed by atoms with E-state index in [1.165, 1.54) is 6.26 Å². The van der Waals surface area contributed by atoms with Crippen LogP contribution in [0.15, 0.2) is 0 Å². The Balaban J connectivity index is 2.32. The monoisotopic (exact) mass is 249 g/mol. The molecule has 1 rings (SSSR count). The first-order valence-electron chi connectivity index (χ1n) is 6.02. The van der Waals surface area contributed by atoms with Crippen molar-refractivity contribution >= 4 is 9.84 Å². The van der Waals surface area contributed by atoms with Crippen LogP contribution in [0.5, 0.6) is 0 Å². The van der Waals surface area contributed by atoms with Crippen LogP contribution < -0.4 is 5.32 Å². The van der Waals surface area contributed by atoms with Gasteiger partial charge in [-0.2, -0.15) is 0 Å². The topological polar surface area (TPSA) is 55.4 Å². The van der Waals surface area contributed by atoms with Gasteiger partial charge in [-0.3, -0.25) is 0 Å². The normalized spacial score (nSPS) is 26.9. The zero-order chi connectivity index (χ0) is 12.0. The van der Waals surface area contributed by atoms with Crippen LogP contribution in [-0.4, -0.2) is 46.2 Å². The maximum Gasteiger partial charge on any atom is 0.147 e. The third kappa shape index (κ3) is 5.27. The van der Waals surface area contributed by atoms with Gasteiger partial charge in [-0.15, -0.1) is 0 Å². The van der Waals surface area contributed by atoms with Crippen molar-refractivity contribution in [2.75, 3.05) is 31.8 Å². The first-order valence-corrected chi connectivity index (χ1v) is 8.08. The SMILES string of the molecule is CCNC1CCOCC1CCCS(C)(=O)=O. The fraction of sp³-hybridized carbons (Fsp3) is 1.00. The first kappa shape index (κ1) is 13.9. The van der Waals surface area contributed by atoms with Crippen LogP contribution in [0.4, 0.5) is 0 Å². The molecule has 0 aromatic heterocycles. The number of hydrogen-bond donors (Lipinski definition) is 1. The highest BCUT2D eigenvalue weighted by molar-refractivity contribution is 7.90. The van der Waals surface area contributed by atoms with Crippen LogP contribution in [0.3, 0.4) is 0 Å². The molecule has 1 aliphatic rings. The van der Waals surface area contributed by atoms with Gasteiger partial charge in [-0.1, -0.05) is 6.92 Å². The van der Waals surface area contributed by atoms with Crippen molar-refractivity contribution in [2.45, 2.75) is 32.2 Å². The van der Waals surface area contributed by atoms with Gasteiger partial charge in [0.2, 0.25) is 0 Å². The Hall–Kier alpha value is -0.130. The lowest BCUT2D eigenvalue weighted by molar-refractivity contribution is 0.0290. The average Bonchev–Trinajstić information content (AvgIpc) is 2.19. The molecular formula is C11H23NO3S. The molecule has 96 valence electrons. The lowest BCUT2D eigenvalue weighted by Gasteiger charge is -2.32. The van der Waals surface area contributed by atoms with Crippen LogP contribution >= 0.6 is 0 Å². The fourth-order valence-corrected chi connectivity index (χ4v) is 2.91. The lowest BCUT2D eigenvalue weighted by atomic mass is 9.91. The molecule has 0 amide bonds. The van der Waals surface area contributed by atoms with Crippen LogP contribution in [0, 0.1) is 5.92 Å². The summed E-state index contributed by atoms with van der Waals surface area (Å²) in [7, 11) is -2.82. The minimum absolute atomic E-state index is 0.294. The zero-order valence-electron chi connectivity index (χ0n) is 10.2. The van der Waals surface area contributed by atoms with Crippen LogP contribution in [0.1, 0.15) is 26.2 Å². The minimum Gasteiger partial charge on any atom is -0.381 e. The van der Waals surface area contributed by atoms with E-state index >= 15 is 0 Å². The van der Waals surface area contributed by atoms with Crippen LogP contribution in [0.2, 0.25) is 0 Å². The van der Waals surface area contributed by atoms with Gasteiger partial charge in [-0.25, -0.2) is 8.42 Å². The highest BCUT2D eigenvalue weighted by atomic mass is 32.2. The molecule has 1 aliphatic heterocycles. The van der Waals surface area contributed by atoms with E-state index in [0.29, 0.717) is 17.7 Å². The second kappa shape index (κ2) is 6.57. The summed E-state index contributed by atoms with van der Waals surface area (Å²) < 4.78 is 27.5. The van der Waals surface area contributed by atoms with Crippen molar-refractivity contribution in [3.05, 3.63) is 0 Å². The molecule has 1 N–H and O–H groups in total. The van der Waals surface area contributed by atoms with Gasteiger partial charge in [0.25, 0.3) is 0 Å². The van der Waals surface area contributed by atoms with E-state index in [0.717, 1.165) is 39.0 Å². The van der Waals surface area contributed by atoms with Crippen molar-refractivity contribution in [1.82, 2.24) is 5.32 Å². The molecule has 5 heteroatoms. The van der Waals surface area contributed by atoms with Gasteiger partial charge in [0, 0.05) is 24.7 Å². The van der Waals surface area contributed by atoms with Crippen molar-refractivity contribution in [3.63, 3.8) is 0 Å². The van der Waals surface area contributed by atoms with Crippen LogP contribution in [0.25, 0.3) is 0 Å². The van der Waals surface area contributed by atoms with E-state index in [2.05, 4.69) is 12.2 Å². The van der Waals surface area contributed by atoms with Gasteiger partial charge >= 0.3 is 0 Å². The van der Waals surface area contributed by atoms with Gasteiger partial charge in [0.15, 0.2) is 0 Å². The quantitative estimate of drug-likeness (QED) is 0.757. The Bertz CT molecular complexity index is 288. The second-order valence-electron chi connectivity index (χ2n) is 4.56. The summed E-state index contributed by atoms with van der Waals surface area (Å²) in [6.07, 6.45) is 4.02. The molecule has 1 heterocycles. The standard InChI is InChI=1S/C11H23NO3S/c1-3-12-11-6-7-15-9-10(11)5-4-8-16(2,13)14/h10-12H,3-9H2,1-2H3. The van der Waals surface area contributed by atoms with Gasteiger partial charge in [0.1, 0.15) is 9.84 Å². The summed E-state index contributed by atoms with van der Waals surface area (Å²) in [5.41, 5.74) is 0. The van der Waals surface area contributed by atoms with Crippen molar-refractivity contribution in [1.29, 1.82) is 0 Å². The number of hydrogen-bond acceptors (Lipinski definition) is 4. The van der Waals surface area contributed by atoms with E-state index in [4.69, 9.17) is 4.74 Å². The Morgan fingerprint density at radius 3 is 2.81 bits per heavy atom. The minimum atomic E-state index is -2.82. The third-order valence-corrected chi connectivity index (χ3v) is 4.06. The largest absolute Gasteiger partial charge is 0.381 e. The second-order valence-corrected chi connectivity index (χ2v) is 6.82. The predicted octanol–water partition coefficient (Wildman–Crippen LogP) is 0.826. The molecule has 0 radical (unpaired) electrons. The maximum atomic E-state index is 11.0. The fourth-order valence-electron chi connectivity index (χ4n) is 2.22. The highest BCUT2D eigenvalue weighted by Crippen LogP contribution is 2.20. The molecule has 0 bridgehead atoms. The summed E-state index contributed by atoms with van der Waals surface area (Å²) in [4.78, 5) is 0. The Kier molecular flexibility index (Phi) is 5.72. The predicted molar refractivity (Wildman–Crippen MR) is 65.3 cm³/mol. The van der Waals surface area contributed by atoms with Gasteiger partial charge in [0.05, 0.1) is 6.61 Å². The summed E-state index contributed by atoms with van der Waals surface area (Å²) in [5.74, 6) is 0.762. The number of rotatable bonds is 6. The molecule has 16 heavy (non-hydrogen) atoms. The molecule has 2 unspecified atom stereocenters. The molecule has 0 saturated carbocycles. The molecule has 2 atom stereocenters. The smallest absolute Gasteiger partial charge is 0.147 e. The summed E-state index contributed by atoms with van der Waals surface area (Å²) in [6.45, 7) is 4.65. The van der Waals surface area contributed by atoms with Crippen molar-refractivity contribution in [3.8, 4) is 0 Å². The Labute approximate surface area is 98.7 Å². The average molecular weight is 249 g/mol. The number of ether oxygens (including phenoxy) is 1. The maximum absolute atomic E-state index is 11.0. The van der Waals surface area contributed by atoms with E-state index in [-0.39, 0.29) is 0 Å². The van der Waals surface area contributed by atoms with E-state index in [9.17, 15) is 8.42 Å². The summed E-state index contributed by atoms with van der Waals surface area (Å²) >= 11 is 0. The molecule has 1 fully saturated rings. The number of sulfone groups is 1. The van der Waals surface area contributed by atoms with Crippen molar-refractivity contribution in [2.24, 2.45) is 5.92 Å². The molecule has 1 saturated heterocycles. The summed E-state index contributed by atoms with van der Waals surface area (Å²) in [5, 5.41) is 3.45. The molecule has 0 aliphatic carbocycles. The molecule has 0 spiro atoms.